The van der Waals surface area contributed by atoms with E-state index in [1.165, 1.54) is 5.56 Å². The number of methoxy groups -OCH3 is 1. The van der Waals surface area contributed by atoms with Crippen molar-refractivity contribution in [1.29, 1.82) is 0 Å². The number of hydrogen-bond donors (Lipinski definition) is 0. The number of hydrogen-bond acceptors (Lipinski definition) is 3. The van der Waals surface area contributed by atoms with Gasteiger partial charge in [-0.05, 0) is 67.9 Å². The van der Waals surface area contributed by atoms with Crippen LogP contribution < -0.4 is 4.74 Å². The maximum Gasteiger partial charge on any atom is 0.243 e. The van der Waals surface area contributed by atoms with E-state index in [-0.39, 0.29) is 0 Å². The van der Waals surface area contributed by atoms with Crippen molar-refractivity contribution >= 4 is 10.0 Å². The summed E-state index contributed by atoms with van der Waals surface area (Å²) in [7, 11) is -1.85. The maximum absolute atomic E-state index is 13.1. The zero-order valence-electron chi connectivity index (χ0n) is 15.7. The quantitative estimate of drug-likeness (QED) is 0.797. The molecular formula is C21H27NO3S. The van der Waals surface area contributed by atoms with Gasteiger partial charge >= 0.3 is 0 Å². The van der Waals surface area contributed by atoms with E-state index in [4.69, 9.17) is 4.74 Å². The minimum absolute atomic E-state index is 0.400. The lowest BCUT2D eigenvalue weighted by Gasteiger charge is -2.32. The van der Waals surface area contributed by atoms with E-state index in [1.807, 2.05) is 19.9 Å². The van der Waals surface area contributed by atoms with Crippen LogP contribution in [0.3, 0.4) is 0 Å². The smallest absolute Gasteiger partial charge is 0.243 e. The fourth-order valence-electron chi connectivity index (χ4n) is 3.71. The van der Waals surface area contributed by atoms with Crippen LogP contribution in [0.4, 0.5) is 0 Å². The van der Waals surface area contributed by atoms with Gasteiger partial charge in [-0.25, -0.2) is 8.42 Å². The molecule has 0 N–H and O–H groups in total. The van der Waals surface area contributed by atoms with Gasteiger partial charge in [0, 0.05) is 13.1 Å². The van der Waals surface area contributed by atoms with Crippen molar-refractivity contribution in [2.24, 2.45) is 5.92 Å². The normalized spacial score (nSPS) is 16.6. The molecule has 0 saturated carbocycles. The second-order valence-electron chi connectivity index (χ2n) is 7.05. The Bertz CT molecular complexity index is 854. The molecule has 1 fully saturated rings. The molecule has 0 amide bonds. The fourth-order valence-corrected chi connectivity index (χ4v) is 5.46. The molecule has 0 atom stereocenters. The summed E-state index contributed by atoms with van der Waals surface area (Å²) in [6.45, 7) is 4.93. The van der Waals surface area contributed by atoms with Crippen LogP contribution in [-0.2, 0) is 16.4 Å². The van der Waals surface area contributed by atoms with E-state index in [0.717, 1.165) is 36.1 Å². The van der Waals surface area contributed by atoms with E-state index in [1.54, 1.807) is 23.5 Å². The van der Waals surface area contributed by atoms with Crippen LogP contribution in [0, 0.1) is 19.8 Å². The summed E-state index contributed by atoms with van der Waals surface area (Å²) in [6.07, 6.45) is 2.83. The third-order valence-corrected chi connectivity index (χ3v) is 7.51. The summed E-state index contributed by atoms with van der Waals surface area (Å²) < 4.78 is 33.2. The summed E-state index contributed by atoms with van der Waals surface area (Å²) in [5.74, 6) is 1.27. The highest BCUT2D eigenvalue weighted by atomic mass is 32.2. The largest absolute Gasteiger partial charge is 0.496 e. The topological polar surface area (TPSA) is 46.6 Å². The SMILES string of the molecule is COc1ccc(S(=O)(=O)N2CCC(Cc3ccccc3)CC2)c(C)c1C. The lowest BCUT2D eigenvalue weighted by Crippen LogP contribution is -2.39. The molecule has 4 nitrogen and oxygen atoms in total. The number of nitrogens with zero attached hydrogens (tertiary/aromatic N) is 1. The average Bonchev–Trinajstić information content (AvgIpc) is 2.65. The summed E-state index contributed by atoms with van der Waals surface area (Å²) in [5.41, 5.74) is 2.98. The second-order valence-corrected chi connectivity index (χ2v) is 8.96. The van der Waals surface area contributed by atoms with Gasteiger partial charge in [0.05, 0.1) is 12.0 Å². The summed E-state index contributed by atoms with van der Waals surface area (Å²) in [6, 6.07) is 13.9. The van der Waals surface area contributed by atoms with Gasteiger partial charge in [-0.15, -0.1) is 0 Å². The third-order valence-electron chi connectivity index (χ3n) is 5.47. The molecule has 1 saturated heterocycles. The van der Waals surface area contributed by atoms with Crippen molar-refractivity contribution in [3.8, 4) is 5.75 Å². The molecule has 0 aromatic heterocycles. The van der Waals surface area contributed by atoms with Gasteiger partial charge in [-0.1, -0.05) is 30.3 Å². The summed E-state index contributed by atoms with van der Waals surface area (Å²) in [5, 5.41) is 0. The highest BCUT2D eigenvalue weighted by Gasteiger charge is 2.31. The first-order valence-corrected chi connectivity index (χ1v) is 10.6. The molecule has 2 aromatic rings. The van der Waals surface area contributed by atoms with Crippen LogP contribution in [0.2, 0.25) is 0 Å². The Morgan fingerprint density at radius 2 is 1.65 bits per heavy atom. The second kappa shape index (κ2) is 7.80. The van der Waals surface area contributed by atoms with Gasteiger partial charge in [0.15, 0.2) is 0 Å². The zero-order chi connectivity index (χ0) is 18.7. The standard InChI is InChI=1S/C21H27NO3S/c1-16-17(2)21(10-9-20(16)25-3)26(23,24)22-13-11-19(12-14-22)15-18-7-5-4-6-8-18/h4-10,19H,11-15H2,1-3H3. The number of sulfonamides is 1. The van der Waals surface area contributed by atoms with E-state index >= 15 is 0 Å². The van der Waals surface area contributed by atoms with Crippen molar-refractivity contribution in [2.75, 3.05) is 20.2 Å². The first kappa shape index (κ1) is 18.9. The Morgan fingerprint density at radius 1 is 1.00 bits per heavy atom. The molecule has 1 aliphatic heterocycles. The number of rotatable bonds is 5. The number of ether oxygens (including phenoxy) is 1. The Kier molecular flexibility index (Phi) is 5.68. The maximum atomic E-state index is 13.1. The molecule has 2 aromatic carbocycles. The van der Waals surface area contributed by atoms with Crippen molar-refractivity contribution in [3.05, 3.63) is 59.2 Å². The van der Waals surface area contributed by atoms with E-state index in [9.17, 15) is 8.42 Å². The van der Waals surface area contributed by atoms with E-state index in [2.05, 4.69) is 24.3 Å². The fraction of sp³-hybridized carbons (Fsp3) is 0.429. The Morgan fingerprint density at radius 3 is 2.27 bits per heavy atom. The molecule has 1 heterocycles. The first-order valence-electron chi connectivity index (χ1n) is 9.11. The molecule has 5 heteroatoms. The predicted molar refractivity (Wildman–Crippen MR) is 104 cm³/mol. The molecule has 1 aliphatic rings. The van der Waals surface area contributed by atoms with Crippen molar-refractivity contribution in [1.82, 2.24) is 4.31 Å². The summed E-state index contributed by atoms with van der Waals surface area (Å²) in [4.78, 5) is 0.400. The van der Waals surface area contributed by atoms with Crippen LogP contribution >= 0.6 is 0 Å². The predicted octanol–water partition coefficient (Wildman–Crippen LogP) is 3.96. The van der Waals surface area contributed by atoms with Crippen LogP contribution in [0.15, 0.2) is 47.4 Å². The zero-order valence-corrected chi connectivity index (χ0v) is 16.6. The van der Waals surface area contributed by atoms with Crippen LogP contribution in [0.25, 0.3) is 0 Å². The molecule has 0 radical (unpaired) electrons. The molecule has 0 unspecified atom stereocenters. The lowest BCUT2D eigenvalue weighted by atomic mass is 9.91. The number of piperidine rings is 1. The first-order chi connectivity index (χ1) is 12.4. The van der Waals surface area contributed by atoms with Gasteiger partial charge in [0.2, 0.25) is 10.0 Å². The van der Waals surface area contributed by atoms with E-state index in [0.29, 0.717) is 23.9 Å². The molecular weight excluding hydrogens is 346 g/mol. The third kappa shape index (κ3) is 3.79. The molecule has 0 spiro atoms. The molecule has 3 rings (SSSR count). The monoisotopic (exact) mass is 373 g/mol. The van der Waals surface area contributed by atoms with Gasteiger partial charge in [0.25, 0.3) is 0 Å². The van der Waals surface area contributed by atoms with E-state index < -0.39 is 10.0 Å². The summed E-state index contributed by atoms with van der Waals surface area (Å²) >= 11 is 0. The van der Waals surface area contributed by atoms with Gasteiger partial charge < -0.3 is 4.74 Å². The van der Waals surface area contributed by atoms with Crippen LogP contribution in [0.5, 0.6) is 5.75 Å². The molecule has 0 aliphatic carbocycles. The van der Waals surface area contributed by atoms with Crippen LogP contribution in [0.1, 0.15) is 29.5 Å². The molecule has 26 heavy (non-hydrogen) atoms. The lowest BCUT2D eigenvalue weighted by molar-refractivity contribution is 0.272. The van der Waals surface area contributed by atoms with Crippen LogP contribution in [-0.4, -0.2) is 32.9 Å². The average molecular weight is 374 g/mol. The molecule has 0 bridgehead atoms. The Labute approximate surface area is 156 Å². The minimum atomic E-state index is -3.46. The molecule has 140 valence electrons. The highest BCUT2D eigenvalue weighted by Crippen LogP contribution is 2.31. The van der Waals surface area contributed by atoms with Crippen molar-refractivity contribution in [2.45, 2.75) is 38.0 Å². The Balaban J connectivity index is 1.71. The minimum Gasteiger partial charge on any atom is -0.496 e. The van der Waals surface area contributed by atoms with Crippen molar-refractivity contribution in [3.63, 3.8) is 0 Å². The number of benzene rings is 2. The van der Waals surface area contributed by atoms with Crippen molar-refractivity contribution < 1.29 is 13.2 Å². The van der Waals surface area contributed by atoms with Gasteiger partial charge in [-0.3, -0.25) is 0 Å². The van der Waals surface area contributed by atoms with Gasteiger partial charge in [-0.2, -0.15) is 4.31 Å². The Hall–Kier alpha value is -1.85. The van der Waals surface area contributed by atoms with Gasteiger partial charge in [0.1, 0.15) is 5.75 Å². The highest BCUT2D eigenvalue weighted by molar-refractivity contribution is 7.89.